The van der Waals surface area contributed by atoms with Crippen LogP contribution in [0.25, 0.3) is 0 Å². The summed E-state index contributed by atoms with van der Waals surface area (Å²) < 4.78 is 5.55. The zero-order chi connectivity index (χ0) is 12.6. The first-order valence-electron chi connectivity index (χ1n) is 7.95. The molecule has 106 valence electrons. The van der Waals surface area contributed by atoms with Crippen LogP contribution in [0.1, 0.15) is 51.9 Å². The van der Waals surface area contributed by atoms with E-state index in [2.05, 4.69) is 17.1 Å². The lowest BCUT2D eigenvalue weighted by molar-refractivity contribution is -0.00894. The number of nitrogens with zero attached hydrogens (tertiary/aromatic N) is 1. The van der Waals surface area contributed by atoms with Crippen LogP contribution in [0.4, 0.5) is 0 Å². The van der Waals surface area contributed by atoms with Gasteiger partial charge in [-0.15, -0.1) is 0 Å². The largest absolute Gasteiger partial charge is 0.378 e. The number of ether oxygens (including phenoxy) is 1. The minimum Gasteiger partial charge on any atom is -0.378 e. The highest BCUT2D eigenvalue weighted by atomic mass is 16.5. The van der Waals surface area contributed by atoms with Crippen LogP contribution < -0.4 is 5.32 Å². The molecule has 0 aromatic heterocycles. The van der Waals surface area contributed by atoms with Gasteiger partial charge >= 0.3 is 0 Å². The normalized spacial score (nSPS) is 27.5. The quantitative estimate of drug-likeness (QED) is 0.737. The van der Waals surface area contributed by atoms with Gasteiger partial charge in [0.05, 0.1) is 13.2 Å². The lowest BCUT2D eigenvalue weighted by Crippen LogP contribution is -2.46. The van der Waals surface area contributed by atoms with Crippen LogP contribution in [0, 0.1) is 0 Å². The average Bonchev–Trinajstić information content (AvgIpc) is 2.45. The van der Waals surface area contributed by atoms with Crippen molar-refractivity contribution in [2.24, 2.45) is 0 Å². The molecule has 2 aliphatic rings. The third-order valence-corrected chi connectivity index (χ3v) is 4.48. The van der Waals surface area contributed by atoms with Crippen molar-refractivity contribution in [2.75, 3.05) is 32.8 Å². The Labute approximate surface area is 112 Å². The van der Waals surface area contributed by atoms with E-state index in [9.17, 15) is 0 Å². The van der Waals surface area contributed by atoms with E-state index < -0.39 is 0 Å². The van der Waals surface area contributed by atoms with Gasteiger partial charge in [-0.3, -0.25) is 4.90 Å². The second kappa shape index (κ2) is 8.13. The molecule has 0 spiro atoms. The first-order valence-corrected chi connectivity index (χ1v) is 7.95. The molecule has 1 saturated carbocycles. The van der Waals surface area contributed by atoms with Crippen LogP contribution in [0.3, 0.4) is 0 Å². The summed E-state index contributed by atoms with van der Waals surface area (Å²) in [7, 11) is 0. The van der Waals surface area contributed by atoms with Crippen LogP contribution in [0.15, 0.2) is 0 Å². The predicted molar refractivity (Wildman–Crippen MR) is 76.0 cm³/mol. The number of hydrogen-bond acceptors (Lipinski definition) is 3. The Balaban J connectivity index is 1.56. The Bertz CT molecular complexity index is 217. The maximum Gasteiger partial charge on any atom is 0.0622 e. The summed E-state index contributed by atoms with van der Waals surface area (Å²) in [5.74, 6) is 0. The van der Waals surface area contributed by atoms with Crippen molar-refractivity contribution in [1.82, 2.24) is 10.2 Å². The van der Waals surface area contributed by atoms with Crippen molar-refractivity contribution in [3.05, 3.63) is 0 Å². The van der Waals surface area contributed by atoms with Crippen molar-refractivity contribution in [2.45, 2.75) is 64.0 Å². The van der Waals surface area contributed by atoms with Crippen molar-refractivity contribution in [3.63, 3.8) is 0 Å². The van der Waals surface area contributed by atoms with E-state index in [0.29, 0.717) is 6.04 Å². The second-order valence-electron chi connectivity index (χ2n) is 5.82. The van der Waals surface area contributed by atoms with Crippen LogP contribution in [0.2, 0.25) is 0 Å². The summed E-state index contributed by atoms with van der Waals surface area (Å²) in [6, 6.07) is 1.47. The minimum atomic E-state index is 0.661. The van der Waals surface area contributed by atoms with Crippen molar-refractivity contribution >= 4 is 0 Å². The van der Waals surface area contributed by atoms with E-state index in [1.807, 2.05) is 0 Å². The molecule has 0 amide bonds. The molecule has 1 unspecified atom stereocenters. The molecule has 1 aliphatic heterocycles. The van der Waals surface area contributed by atoms with Gasteiger partial charge in [-0.1, -0.05) is 26.2 Å². The maximum atomic E-state index is 5.55. The molecule has 3 heteroatoms. The van der Waals surface area contributed by atoms with Crippen LogP contribution in [-0.2, 0) is 4.74 Å². The summed E-state index contributed by atoms with van der Waals surface area (Å²) in [6.07, 6.45) is 9.61. The fourth-order valence-electron chi connectivity index (χ4n) is 3.25. The predicted octanol–water partition coefficient (Wildman–Crippen LogP) is 2.41. The molecular formula is C15H30N2O. The van der Waals surface area contributed by atoms with Gasteiger partial charge in [0.2, 0.25) is 0 Å². The lowest BCUT2D eigenvalue weighted by Gasteiger charge is -2.35. The summed E-state index contributed by atoms with van der Waals surface area (Å²) in [5.41, 5.74) is 0. The Kier molecular flexibility index (Phi) is 6.46. The Morgan fingerprint density at radius 1 is 1.22 bits per heavy atom. The number of rotatable bonds is 6. The molecule has 18 heavy (non-hydrogen) atoms. The molecule has 0 aromatic rings. The highest BCUT2D eigenvalue weighted by Gasteiger charge is 2.20. The molecule has 1 aliphatic carbocycles. The molecule has 2 rings (SSSR count). The van der Waals surface area contributed by atoms with Gasteiger partial charge < -0.3 is 10.1 Å². The molecule has 0 radical (unpaired) electrons. The highest BCUT2D eigenvalue weighted by Crippen LogP contribution is 2.17. The summed E-state index contributed by atoms with van der Waals surface area (Å²) in [6.45, 7) is 7.69. The van der Waals surface area contributed by atoms with Gasteiger partial charge in [0, 0.05) is 18.6 Å². The van der Waals surface area contributed by atoms with Gasteiger partial charge in [-0.05, 0) is 38.8 Å². The number of hydrogen-bond donors (Lipinski definition) is 1. The zero-order valence-electron chi connectivity index (χ0n) is 12.0. The lowest BCUT2D eigenvalue weighted by atomic mass is 9.95. The summed E-state index contributed by atoms with van der Waals surface area (Å²) >= 11 is 0. The number of nitrogens with one attached hydrogen (secondary N) is 1. The van der Waals surface area contributed by atoms with Crippen LogP contribution in [-0.4, -0.2) is 49.8 Å². The molecule has 1 N–H and O–H groups in total. The van der Waals surface area contributed by atoms with Crippen molar-refractivity contribution in [3.8, 4) is 0 Å². The fraction of sp³-hybridized carbons (Fsp3) is 1.00. The molecule has 2 fully saturated rings. The zero-order valence-corrected chi connectivity index (χ0v) is 12.0. The molecule has 1 saturated heterocycles. The van der Waals surface area contributed by atoms with Crippen LogP contribution >= 0.6 is 0 Å². The molecule has 0 bridgehead atoms. The van der Waals surface area contributed by atoms with Gasteiger partial charge in [0.1, 0.15) is 0 Å². The molecule has 1 heterocycles. The highest BCUT2D eigenvalue weighted by molar-refractivity contribution is 4.75. The Morgan fingerprint density at radius 2 is 2.06 bits per heavy atom. The molecule has 0 aromatic carbocycles. The Hall–Kier alpha value is -0.120. The maximum absolute atomic E-state index is 5.55. The molecular weight excluding hydrogens is 224 g/mol. The van der Waals surface area contributed by atoms with E-state index in [1.165, 1.54) is 58.0 Å². The van der Waals surface area contributed by atoms with E-state index in [1.54, 1.807) is 0 Å². The van der Waals surface area contributed by atoms with Gasteiger partial charge in [0.15, 0.2) is 0 Å². The second-order valence-corrected chi connectivity index (χ2v) is 5.82. The summed E-state index contributed by atoms with van der Waals surface area (Å²) in [5, 5.41) is 3.74. The van der Waals surface area contributed by atoms with Gasteiger partial charge in [0.25, 0.3) is 0 Å². The minimum absolute atomic E-state index is 0.661. The first-order chi connectivity index (χ1) is 8.90. The summed E-state index contributed by atoms with van der Waals surface area (Å²) in [4.78, 5) is 2.62. The standard InChI is InChI=1S/C15H30N2O/c1-2-15-13-18-12-11-17(15)10-6-9-16-14-7-4-3-5-8-14/h14-16H,2-13H2,1H3. The topological polar surface area (TPSA) is 24.5 Å². The van der Waals surface area contributed by atoms with Gasteiger partial charge in [-0.2, -0.15) is 0 Å². The smallest absolute Gasteiger partial charge is 0.0622 e. The van der Waals surface area contributed by atoms with Crippen molar-refractivity contribution < 1.29 is 4.74 Å². The fourth-order valence-corrected chi connectivity index (χ4v) is 3.25. The Morgan fingerprint density at radius 3 is 2.83 bits per heavy atom. The first kappa shape index (κ1) is 14.3. The number of morpholine rings is 1. The SMILES string of the molecule is CCC1COCCN1CCCNC1CCCCC1. The van der Waals surface area contributed by atoms with Gasteiger partial charge in [-0.25, -0.2) is 0 Å². The third kappa shape index (κ3) is 4.52. The van der Waals surface area contributed by atoms with E-state index in [4.69, 9.17) is 4.74 Å². The van der Waals surface area contributed by atoms with E-state index in [0.717, 1.165) is 25.8 Å². The molecule has 3 nitrogen and oxygen atoms in total. The van der Waals surface area contributed by atoms with E-state index in [-0.39, 0.29) is 0 Å². The monoisotopic (exact) mass is 254 g/mol. The average molecular weight is 254 g/mol. The van der Waals surface area contributed by atoms with Crippen LogP contribution in [0.5, 0.6) is 0 Å². The van der Waals surface area contributed by atoms with Crippen molar-refractivity contribution in [1.29, 1.82) is 0 Å². The van der Waals surface area contributed by atoms with E-state index >= 15 is 0 Å². The third-order valence-electron chi connectivity index (χ3n) is 4.48. The molecule has 1 atom stereocenters.